The van der Waals surface area contributed by atoms with Crippen molar-refractivity contribution in [1.82, 2.24) is 9.62 Å². The predicted octanol–water partition coefficient (Wildman–Crippen LogP) is 2.24. The van der Waals surface area contributed by atoms with Gasteiger partial charge >= 0.3 is 0 Å². The maximum absolute atomic E-state index is 12.4. The second-order valence-corrected chi connectivity index (χ2v) is 8.28. The molecule has 1 unspecified atom stereocenters. The molecular weight excluding hydrogens is 362 g/mol. The monoisotopic (exact) mass is 391 g/mol. The topological polar surface area (TPSA) is 92.5 Å². The lowest BCUT2D eigenvalue weighted by atomic mass is 9.88. The fraction of sp³-hybridized carbons (Fsp3) is 0.588. The number of sulfonamides is 1. The lowest BCUT2D eigenvalue weighted by Gasteiger charge is -2.33. The third kappa shape index (κ3) is 5.41. The van der Waals surface area contributed by atoms with E-state index < -0.39 is 15.6 Å². The van der Waals surface area contributed by atoms with Crippen LogP contribution in [0.15, 0.2) is 29.2 Å². The van der Waals surface area contributed by atoms with Crippen LogP contribution in [-0.4, -0.2) is 43.8 Å². The molecule has 6 nitrogen and oxygen atoms in total. The molecular formula is C17H30ClN3O3S. The van der Waals surface area contributed by atoms with Crippen LogP contribution >= 0.6 is 12.4 Å². The number of halogens is 1. The smallest absolute Gasteiger partial charge is 0.251 e. The van der Waals surface area contributed by atoms with Gasteiger partial charge in [-0.25, -0.2) is 8.42 Å². The molecule has 0 saturated heterocycles. The molecule has 0 saturated carbocycles. The number of nitrogens with one attached hydrogen (secondary N) is 1. The molecule has 1 aromatic carbocycles. The van der Waals surface area contributed by atoms with E-state index in [1.165, 1.54) is 28.6 Å². The summed E-state index contributed by atoms with van der Waals surface area (Å²) in [5.41, 5.74) is 5.68. The minimum absolute atomic E-state index is 0. The first-order valence-electron chi connectivity index (χ1n) is 8.25. The summed E-state index contributed by atoms with van der Waals surface area (Å²) < 4.78 is 26.3. The Balaban J connectivity index is 0.00000576. The molecule has 0 aliphatic heterocycles. The van der Waals surface area contributed by atoms with E-state index in [4.69, 9.17) is 5.73 Å². The van der Waals surface area contributed by atoms with E-state index in [2.05, 4.69) is 5.32 Å². The van der Waals surface area contributed by atoms with Crippen molar-refractivity contribution >= 4 is 28.3 Å². The van der Waals surface area contributed by atoms with Crippen molar-refractivity contribution in [2.45, 2.75) is 45.1 Å². The maximum Gasteiger partial charge on any atom is 0.251 e. The maximum atomic E-state index is 12.4. The molecule has 0 aromatic heterocycles. The molecule has 25 heavy (non-hydrogen) atoms. The molecule has 8 heteroatoms. The van der Waals surface area contributed by atoms with Gasteiger partial charge in [0.05, 0.1) is 10.4 Å². The van der Waals surface area contributed by atoms with Gasteiger partial charge in [0.1, 0.15) is 0 Å². The normalized spacial score (nSPS) is 14.1. The van der Waals surface area contributed by atoms with Crippen LogP contribution in [0.5, 0.6) is 0 Å². The molecule has 0 heterocycles. The number of carbonyl (C=O) groups excluding carboxylic acids is 1. The van der Waals surface area contributed by atoms with Crippen molar-refractivity contribution < 1.29 is 13.2 Å². The zero-order chi connectivity index (χ0) is 18.5. The van der Waals surface area contributed by atoms with E-state index in [1.807, 2.05) is 20.8 Å². The zero-order valence-electron chi connectivity index (χ0n) is 15.6. The zero-order valence-corrected chi connectivity index (χ0v) is 17.2. The summed E-state index contributed by atoms with van der Waals surface area (Å²) in [5, 5.41) is 2.94. The Labute approximate surface area is 157 Å². The van der Waals surface area contributed by atoms with Crippen molar-refractivity contribution in [2.24, 2.45) is 11.7 Å². The van der Waals surface area contributed by atoms with Crippen LogP contribution in [0, 0.1) is 5.92 Å². The van der Waals surface area contributed by atoms with Gasteiger partial charge < -0.3 is 11.1 Å². The summed E-state index contributed by atoms with van der Waals surface area (Å²) in [6.07, 6.45) is 0. The van der Waals surface area contributed by atoms with Crippen LogP contribution in [0.1, 0.15) is 45.0 Å². The first-order valence-corrected chi connectivity index (χ1v) is 9.69. The molecule has 0 aliphatic rings. The van der Waals surface area contributed by atoms with Gasteiger partial charge in [-0.3, -0.25) is 4.79 Å². The van der Waals surface area contributed by atoms with Crippen molar-refractivity contribution in [2.75, 3.05) is 19.6 Å². The SMILES string of the molecule is CCN(CC)S(=O)(=O)c1ccc(C(=O)NC(C)(CN)C(C)C)cc1.Cl. The lowest BCUT2D eigenvalue weighted by molar-refractivity contribution is 0.0883. The van der Waals surface area contributed by atoms with E-state index in [9.17, 15) is 13.2 Å². The molecule has 1 atom stereocenters. The number of hydrogen-bond acceptors (Lipinski definition) is 4. The van der Waals surface area contributed by atoms with Crippen LogP contribution in [0.3, 0.4) is 0 Å². The first-order chi connectivity index (χ1) is 11.1. The molecule has 0 fully saturated rings. The Morgan fingerprint density at radius 1 is 1.20 bits per heavy atom. The van der Waals surface area contributed by atoms with Gasteiger partial charge in [-0.05, 0) is 37.1 Å². The van der Waals surface area contributed by atoms with Crippen LogP contribution in [0.2, 0.25) is 0 Å². The van der Waals surface area contributed by atoms with Crippen LogP contribution in [0.25, 0.3) is 0 Å². The number of benzene rings is 1. The highest BCUT2D eigenvalue weighted by atomic mass is 35.5. The minimum Gasteiger partial charge on any atom is -0.345 e. The largest absolute Gasteiger partial charge is 0.345 e. The molecule has 0 radical (unpaired) electrons. The van der Waals surface area contributed by atoms with E-state index in [0.717, 1.165) is 0 Å². The van der Waals surface area contributed by atoms with Gasteiger partial charge in [0, 0.05) is 25.2 Å². The van der Waals surface area contributed by atoms with Crippen molar-refractivity contribution in [3.05, 3.63) is 29.8 Å². The van der Waals surface area contributed by atoms with E-state index >= 15 is 0 Å². The molecule has 1 rings (SSSR count). The van der Waals surface area contributed by atoms with Gasteiger partial charge in [-0.2, -0.15) is 4.31 Å². The first kappa shape index (κ1) is 23.9. The highest BCUT2D eigenvalue weighted by Gasteiger charge is 2.29. The van der Waals surface area contributed by atoms with Gasteiger partial charge in [0.15, 0.2) is 0 Å². The highest BCUT2D eigenvalue weighted by molar-refractivity contribution is 7.89. The lowest BCUT2D eigenvalue weighted by Crippen LogP contribution is -2.55. The number of amides is 1. The third-order valence-corrected chi connectivity index (χ3v) is 6.62. The van der Waals surface area contributed by atoms with E-state index in [0.29, 0.717) is 25.2 Å². The Morgan fingerprint density at radius 3 is 2.04 bits per heavy atom. The highest BCUT2D eigenvalue weighted by Crippen LogP contribution is 2.18. The Kier molecular flexibility index (Phi) is 9.08. The van der Waals surface area contributed by atoms with Gasteiger partial charge in [0.25, 0.3) is 5.91 Å². The van der Waals surface area contributed by atoms with Gasteiger partial charge in [-0.1, -0.05) is 27.7 Å². The second-order valence-electron chi connectivity index (χ2n) is 6.34. The third-order valence-electron chi connectivity index (χ3n) is 4.56. The quantitative estimate of drug-likeness (QED) is 0.710. The molecule has 0 aliphatic carbocycles. The van der Waals surface area contributed by atoms with Crippen molar-refractivity contribution in [3.63, 3.8) is 0 Å². The number of nitrogens with zero attached hydrogens (tertiary/aromatic N) is 1. The fourth-order valence-electron chi connectivity index (χ4n) is 2.25. The second kappa shape index (κ2) is 9.52. The molecule has 0 bridgehead atoms. The Hall–Kier alpha value is -1.15. The van der Waals surface area contributed by atoms with Crippen molar-refractivity contribution in [3.8, 4) is 0 Å². The van der Waals surface area contributed by atoms with Crippen LogP contribution < -0.4 is 11.1 Å². The average Bonchev–Trinajstić information content (AvgIpc) is 2.55. The molecule has 1 aromatic rings. The summed E-state index contributed by atoms with van der Waals surface area (Å²) in [7, 11) is -3.52. The molecule has 3 N–H and O–H groups in total. The van der Waals surface area contributed by atoms with E-state index in [-0.39, 0.29) is 29.1 Å². The average molecular weight is 392 g/mol. The van der Waals surface area contributed by atoms with E-state index in [1.54, 1.807) is 13.8 Å². The predicted molar refractivity (Wildman–Crippen MR) is 104 cm³/mol. The molecule has 1 amide bonds. The number of nitrogens with two attached hydrogens (primary N) is 1. The van der Waals surface area contributed by atoms with Crippen LogP contribution in [-0.2, 0) is 10.0 Å². The molecule has 144 valence electrons. The Morgan fingerprint density at radius 2 is 1.68 bits per heavy atom. The Bertz CT molecular complexity index is 658. The summed E-state index contributed by atoms with van der Waals surface area (Å²) in [4.78, 5) is 12.6. The summed E-state index contributed by atoms with van der Waals surface area (Å²) in [6.45, 7) is 10.6. The summed E-state index contributed by atoms with van der Waals surface area (Å²) >= 11 is 0. The summed E-state index contributed by atoms with van der Waals surface area (Å²) in [6, 6.07) is 6.00. The minimum atomic E-state index is -3.52. The van der Waals surface area contributed by atoms with Gasteiger partial charge in [-0.15, -0.1) is 12.4 Å². The summed E-state index contributed by atoms with van der Waals surface area (Å²) in [5.74, 6) is -0.0859. The van der Waals surface area contributed by atoms with Gasteiger partial charge in [0.2, 0.25) is 10.0 Å². The van der Waals surface area contributed by atoms with Crippen molar-refractivity contribution in [1.29, 1.82) is 0 Å². The number of rotatable bonds is 8. The number of hydrogen-bond donors (Lipinski definition) is 2. The molecule has 0 spiro atoms. The standard InChI is InChI=1S/C17H29N3O3S.ClH/c1-6-20(7-2)24(22,23)15-10-8-14(9-11-15)16(21)19-17(5,12-18)13(3)4;/h8-11,13H,6-7,12,18H2,1-5H3,(H,19,21);1H. The fourth-order valence-corrected chi connectivity index (χ4v) is 3.71. The van der Waals surface area contributed by atoms with Crippen LogP contribution in [0.4, 0.5) is 0 Å². The number of carbonyl (C=O) groups is 1.